The summed E-state index contributed by atoms with van der Waals surface area (Å²) in [6, 6.07) is 0.669. The van der Waals surface area contributed by atoms with Gasteiger partial charge in [0, 0.05) is 16.6 Å². The van der Waals surface area contributed by atoms with E-state index in [0.717, 1.165) is 0 Å². The highest BCUT2D eigenvalue weighted by Gasteiger charge is 2.35. The first-order chi connectivity index (χ1) is 7.74. The van der Waals surface area contributed by atoms with Crippen LogP contribution in [0.15, 0.2) is 6.07 Å². The third-order valence-corrected chi connectivity index (χ3v) is 2.70. The number of hydrogen-bond acceptors (Lipinski definition) is 4. The monoisotopic (exact) mass is 366 g/mol. The molecule has 10 heteroatoms. The predicted octanol–water partition coefficient (Wildman–Crippen LogP) is 2.96. The van der Waals surface area contributed by atoms with Crippen LogP contribution in [-0.4, -0.2) is 16.3 Å². The average Bonchev–Trinajstić information content (AvgIpc) is 2.17. The Morgan fingerprint density at radius 2 is 2.12 bits per heavy atom. The molecule has 0 aliphatic rings. The first-order valence-corrected chi connectivity index (χ1v) is 4.98. The van der Waals surface area contributed by atoms with E-state index in [9.17, 15) is 27.7 Å². The number of aromatic nitrogens is 1. The van der Waals surface area contributed by atoms with Crippen molar-refractivity contribution >= 4 is 28.4 Å². The van der Waals surface area contributed by atoms with Crippen LogP contribution in [0.4, 0.5) is 23.4 Å². The molecule has 0 N–H and O–H groups in total. The zero-order valence-corrected chi connectivity index (χ0v) is 9.95. The molecule has 0 saturated carbocycles. The third kappa shape index (κ3) is 3.64. The van der Waals surface area contributed by atoms with Crippen LogP contribution in [-0.2, 0) is 6.67 Å². The molecule has 0 bridgehead atoms. The molecular formula is C7H3F4IN2O3. The van der Waals surface area contributed by atoms with Crippen LogP contribution >= 0.6 is 22.6 Å². The quantitative estimate of drug-likeness (QED) is 0.357. The summed E-state index contributed by atoms with van der Waals surface area (Å²) in [4.78, 5) is 12.5. The van der Waals surface area contributed by atoms with Gasteiger partial charge in [0.2, 0.25) is 0 Å². The molecule has 1 rings (SSSR count). The second-order valence-corrected chi connectivity index (χ2v) is 3.77. The first kappa shape index (κ1) is 13.9. The Labute approximate surface area is 105 Å². The summed E-state index contributed by atoms with van der Waals surface area (Å²) in [5, 5.41) is 10.5. The Hall–Kier alpha value is -1.20. The van der Waals surface area contributed by atoms with Crippen molar-refractivity contribution < 1.29 is 27.2 Å². The highest BCUT2D eigenvalue weighted by atomic mass is 127. The van der Waals surface area contributed by atoms with E-state index in [-0.39, 0.29) is 9.13 Å². The number of nitro groups is 1. The Balaban J connectivity index is 3.25. The molecule has 0 atom stereocenters. The van der Waals surface area contributed by atoms with Crippen LogP contribution in [0.5, 0.6) is 5.88 Å². The zero-order valence-electron chi connectivity index (χ0n) is 7.79. The second kappa shape index (κ2) is 4.98. The summed E-state index contributed by atoms with van der Waals surface area (Å²) in [6.07, 6.45) is -5.04. The highest BCUT2D eigenvalue weighted by molar-refractivity contribution is 14.1. The molecule has 1 aromatic rings. The number of pyridine rings is 1. The maximum absolute atomic E-state index is 12.5. The molecule has 0 saturated heterocycles. The lowest BCUT2D eigenvalue weighted by atomic mass is 10.3. The fraction of sp³-hybridized carbons (Fsp3) is 0.286. The summed E-state index contributed by atoms with van der Waals surface area (Å²) in [5.74, 6) is -1.93. The molecule has 0 aliphatic heterocycles. The number of nitrogens with zero attached hydrogens (tertiary/aromatic N) is 2. The normalized spacial score (nSPS) is 11.4. The van der Waals surface area contributed by atoms with Gasteiger partial charge in [-0.1, -0.05) is 0 Å². The smallest absolute Gasteiger partial charge is 0.366 e. The SMILES string of the molecule is O=[N+]([O-])c1nc(OC(F)(F)F)cc(CF)c1I. The molecule has 17 heavy (non-hydrogen) atoms. The molecule has 0 aromatic carbocycles. The fourth-order valence-corrected chi connectivity index (χ4v) is 1.55. The van der Waals surface area contributed by atoms with Crippen molar-refractivity contribution in [1.82, 2.24) is 4.98 Å². The molecule has 0 spiro atoms. The van der Waals surface area contributed by atoms with Gasteiger partial charge >= 0.3 is 18.1 Å². The van der Waals surface area contributed by atoms with E-state index in [0.29, 0.717) is 6.07 Å². The average molecular weight is 366 g/mol. The summed E-state index contributed by atoms with van der Waals surface area (Å²) in [6.45, 7) is -1.16. The van der Waals surface area contributed by atoms with Crippen LogP contribution in [0.2, 0.25) is 0 Å². The topological polar surface area (TPSA) is 65.3 Å². The minimum atomic E-state index is -5.04. The molecule has 1 heterocycles. The van der Waals surface area contributed by atoms with Crippen molar-refractivity contribution in [3.05, 3.63) is 25.3 Å². The number of rotatable bonds is 3. The summed E-state index contributed by atoms with van der Waals surface area (Å²) in [5.41, 5.74) is -0.286. The van der Waals surface area contributed by atoms with Gasteiger partial charge in [0.05, 0.1) is 0 Å². The van der Waals surface area contributed by atoms with Crippen molar-refractivity contribution in [2.75, 3.05) is 0 Å². The van der Waals surface area contributed by atoms with Crippen LogP contribution < -0.4 is 4.74 Å². The predicted molar refractivity (Wildman–Crippen MR) is 55.1 cm³/mol. The van der Waals surface area contributed by atoms with Crippen LogP contribution in [0.25, 0.3) is 0 Å². The van der Waals surface area contributed by atoms with Gasteiger partial charge in [-0.2, -0.15) is 0 Å². The van der Waals surface area contributed by atoms with E-state index in [2.05, 4.69) is 9.72 Å². The lowest BCUT2D eigenvalue weighted by Gasteiger charge is -2.07. The Bertz CT molecular complexity index is 451. The number of halogens is 5. The van der Waals surface area contributed by atoms with Crippen LogP contribution in [0.1, 0.15) is 5.56 Å². The van der Waals surface area contributed by atoms with Crippen LogP contribution in [0, 0.1) is 13.7 Å². The molecule has 0 radical (unpaired) electrons. The second-order valence-electron chi connectivity index (χ2n) is 2.70. The summed E-state index contributed by atoms with van der Waals surface area (Å²) in [7, 11) is 0. The van der Waals surface area contributed by atoms with Gasteiger partial charge in [0.25, 0.3) is 0 Å². The lowest BCUT2D eigenvalue weighted by Crippen LogP contribution is -2.18. The standard InChI is InChI=1S/C7H3F4IN2O3/c8-2-3-1-4(17-7(9,10)11)13-6(5(3)12)14(15)16/h1H,2H2. The molecule has 0 aliphatic carbocycles. The number of alkyl halides is 4. The molecular weight excluding hydrogens is 363 g/mol. The molecule has 0 unspecified atom stereocenters. The largest absolute Gasteiger partial charge is 0.575 e. The van der Waals surface area contributed by atoms with E-state index >= 15 is 0 Å². The van der Waals surface area contributed by atoms with E-state index in [1.807, 2.05) is 0 Å². The zero-order chi connectivity index (χ0) is 13.2. The third-order valence-electron chi connectivity index (χ3n) is 1.53. The van der Waals surface area contributed by atoms with Crippen molar-refractivity contribution in [1.29, 1.82) is 0 Å². The first-order valence-electron chi connectivity index (χ1n) is 3.90. The molecule has 5 nitrogen and oxygen atoms in total. The van der Waals surface area contributed by atoms with Crippen molar-refractivity contribution in [2.24, 2.45) is 0 Å². The summed E-state index contributed by atoms with van der Waals surface area (Å²) < 4.78 is 51.3. The van der Waals surface area contributed by atoms with Gasteiger partial charge in [0.15, 0.2) is 0 Å². The highest BCUT2D eigenvalue weighted by Crippen LogP contribution is 2.29. The van der Waals surface area contributed by atoms with Gasteiger partial charge in [-0.3, -0.25) is 0 Å². The van der Waals surface area contributed by atoms with E-state index in [1.165, 1.54) is 22.6 Å². The number of hydrogen-bond donors (Lipinski definition) is 0. The molecule has 94 valence electrons. The van der Waals surface area contributed by atoms with Crippen molar-refractivity contribution in [3.8, 4) is 5.88 Å². The molecule has 0 amide bonds. The van der Waals surface area contributed by atoms with Gasteiger partial charge in [-0.05, 0) is 27.5 Å². The Morgan fingerprint density at radius 3 is 2.53 bits per heavy atom. The van der Waals surface area contributed by atoms with Crippen molar-refractivity contribution in [2.45, 2.75) is 13.0 Å². The van der Waals surface area contributed by atoms with Gasteiger partial charge in [0.1, 0.15) is 10.2 Å². The maximum Gasteiger partial charge on any atom is 0.575 e. The fourth-order valence-electron chi connectivity index (χ4n) is 0.931. The minimum absolute atomic E-state index is 0.162. The van der Waals surface area contributed by atoms with Gasteiger partial charge in [-0.25, -0.2) is 4.39 Å². The lowest BCUT2D eigenvalue weighted by molar-refractivity contribution is -0.391. The van der Waals surface area contributed by atoms with Crippen LogP contribution in [0.3, 0.4) is 0 Å². The van der Waals surface area contributed by atoms with Gasteiger partial charge in [-0.15, -0.1) is 13.2 Å². The van der Waals surface area contributed by atoms with E-state index in [1.54, 1.807) is 0 Å². The van der Waals surface area contributed by atoms with E-state index in [4.69, 9.17) is 0 Å². The number of ether oxygens (including phenoxy) is 1. The molecule has 1 aromatic heterocycles. The minimum Gasteiger partial charge on any atom is -0.366 e. The van der Waals surface area contributed by atoms with Gasteiger partial charge < -0.3 is 14.9 Å². The van der Waals surface area contributed by atoms with E-state index < -0.39 is 29.7 Å². The Morgan fingerprint density at radius 1 is 1.53 bits per heavy atom. The molecule has 0 fully saturated rings. The summed E-state index contributed by atoms with van der Waals surface area (Å²) >= 11 is 1.43. The maximum atomic E-state index is 12.5. The van der Waals surface area contributed by atoms with Crippen molar-refractivity contribution in [3.63, 3.8) is 0 Å². The Kier molecular flexibility index (Phi) is 4.06.